The molecule has 126 valence electrons. The SMILES string of the molecule is Fc1ccc(COc2cccc(C(=S)NCc3ccccc3)c2)cc1. The Morgan fingerprint density at radius 1 is 0.880 bits per heavy atom. The number of benzene rings is 3. The first kappa shape index (κ1) is 17.1. The van der Waals surface area contributed by atoms with E-state index in [2.05, 4.69) is 17.4 Å². The molecule has 0 aliphatic carbocycles. The Morgan fingerprint density at radius 3 is 2.40 bits per heavy atom. The predicted octanol–water partition coefficient (Wildman–Crippen LogP) is 4.87. The van der Waals surface area contributed by atoms with Crippen LogP contribution in [0.2, 0.25) is 0 Å². The van der Waals surface area contributed by atoms with E-state index < -0.39 is 0 Å². The Bertz CT molecular complexity index is 834. The molecule has 0 atom stereocenters. The number of thiocarbonyl (C=S) groups is 1. The molecule has 0 heterocycles. The Balaban J connectivity index is 1.58. The van der Waals surface area contributed by atoms with E-state index in [9.17, 15) is 4.39 Å². The summed E-state index contributed by atoms with van der Waals surface area (Å²) < 4.78 is 18.7. The lowest BCUT2D eigenvalue weighted by Crippen LogP contribution is -2.21. The molecular formula is C21H18FNOS. The molecule has 25 heavy (non-hydrogen) atoms. The third-order valence-electron chi connectivity index (χ3n) is 3.71. The van der Waals surface area contributed by atoms with Gasteiger partial charge >= 0.3 is 0 Å². The minimum Gasteiger partial charge on any atom is -0.489 e. The van der Waals surface area contributed by atoms with Crippen molar-refractivity contribution in [1.29, 1.82) is 0 Å². The molecule has 0 saturated heterocycles. The topological polar surface area (TPSA) is 21.3 Å². The number of hydrogen-bond acceptors (Lipinski definition) is 2. The molecule has 0 radical (unpaired) electrons. The fourth-order valence-corrected chi connectivity index (χ4v) is 2.55. The van der Waals surface area contributed by atoms with Crippen LogP contribution in [0.1, 0.15) is 16.7 Å². The average Bonchev–Trinajstić information content (AvgIpc) is 2.67. The maximum atomic E-state index is 12.9. The molecule has 0 spiro atoms. The van der Waals surface area contributed by atoms with E-state index in [1.807, 2.05) is 42.5 Å². The smallest absolute Gasteiger partial charge is 0.123 e. The fourth-order valence-electron chi connectivity index (χ4n) is 2.35. The molecule has 3 aromatic rings. The van der Waals surface area contributed by atoms with Crippen LogP contribution < -0.4 is 10.1 Å². The molecule has 0 aliphatic rings. The summed E-state index contributed by atoms with van der Waals surface area (Å²) in [5.74, 6) is 0.478. The number of nitrogens with one attached hydrogen (secondary N) is 1. The van der Waals surface area contributed by atoms with Crippen molar-refractivity contribution in [2.75, 3.05) is 0 Å². The number of rotatable bonds is 6. The first-order valence-electron chi connectivity index (χ1n) is 8.00. The van der Waals surface area contributed by atoms with Crippen molar-refractivity contribution in [3.05, 3.63) is 101 Å². The van der Waals surface area contributed by atoms with Crippen molar-refractivity contribution in [3.63, 3.8) is 0 Å². The first-order chi connectivity index (χ1) is 12.2. The van der Waals surface area contributed by atoms with Crippen molar-refractivity contribution in [1.82, 2.24) is 5.32 Å². The van der Waals surface area contributed by atoms with E-state index in [0.717, 1.165) is 16.9 Å². The molecule has 0 unspecified atom stereocenters. The molecule has 0 bridgehead atoms. The van der Waals surface area contributed by atoms with Crippen molar-refractivity contribution in [3.8, 4) is 5.75 Å². The van der Waals surface area contributed by atoms with Crippen molar-refractivity contribution in [2.45, 2.75) is 13.2 Å². The minimum atomic E-state index is -0.249. The zero-order chi connectivity index (χ0) is 17.5. The van der Waals surface area contributed by atoms with Crippen molar-refractivity contribution < 1.29 is 9.13 Å². The molecule has 0 amide bonds. The van der Waals surface area contributed by atoms with Gasteiger partial charge in [-0.05, 0) is 35.4 Å². The summed E-state index contributed by atoms with van der Waals surface area (Å²) in [6.07, 6.45) is 0. The lowest BCUT2D eigenvalue weighted by Gasteiger charge is -2.11. The zero-order valence-electron chi connectivity index (χ0n) is 13.6. The quantitative estimate of drug-likeness (QED) is 0.640. The average molecular weight is 351 g/mol. The Hall–Kier alpha value is -2.72. The van der Waals surface area contributed by atoms with Crippen LogP contribution in [-0.4, -0.2) is 4.99 Å². The summed E-state index contributed by atoms with van der Waals surface area (Å²) in [5, 5.41) is 3.26. The van der Waals surface area contributed by atoms with E-state index in [0.29, 0.717) is 18.1 Å². The summed E-state index contributed by atoms with van der Waals surface area (Å²) in [5.41, 5.74) is 2.99. The fraction of sp³-hybridized carbons (Fsp3) is 0.0952. The Morgan fingerprint density at radius 2 is 1.64 bits per heavy atom. The van der Waals surface area contributed by atoms with Crippen LogP contribution in [0.3, 0.4) is 0 Å². The first-order valence-corrected chi connectivity index (χ1v) is 8.41. The van der Waals surface area contributed by atoms with Gasteiger partial charge in [0.05, 0.1) is 0 Å². The predicted molar refractivity (Wildman–Crippen MR) is 102 cm³/mol. The molecule has 0 aliphatic heterocycles. The van der Waals surface area contributed by atoms with Gasteiger partial charge in [0.1, 0.15) is 23.2 Å². The van der Waals surface area contributed by atoms with Gasteiger partial charge in [0.25, 0.3) is 0 Å². The largest absolute Gasteiger partial charge is 0.489 e. The molecule has 2 nitrogen and oxygen atoms in total. The third-order valence-corrected chi connectivity index (χ3v) is 4.09. The molecule has 3 aromatic carbocycles. The molecule has 0 saturated carbocycles. The highest BCUT2D eigenvalue weighted by Gasteiger charge is 2.04. The zero-order valence-corrected chi connectivity index (χ0v) is 14.4. The summed E-state index contributed by atoms with van der Waals surface area (Å²) in [6, 6.07) is 24.0. The molecule has 1 N–H and O–H groups in total. The normalized spacial score (nSPS) is 10.3. The lowest BCUT2D eigenvalue weighted by atomic mass is 10.2. The summed E-state index contributed by atoms with van der Waals surface area (Å²) >= 11 is 5.46. The van der Waals surface area contributed by atoms with Crippen LogP contribution in [-0.2, 0) is 13.2 Å². The van der Waals surface area contributed by atoms with Crippen molar-refractivity contribution in [2.24, 2.45) is 0 Å². The minimum absolute atomic E-state index is 0.249. The van der Waals surface area contributed by atoms with Crippen LogP contribution in [0.5, 0.6) is 5.75 Å². The second kappa shape index (κ2) is 8.40. The lowest BCUT2D eigenvalue weighted by molar-refractivity contribution is 0.306. The summed E-state index contributed by atoms with van der Waals surface area (Å²) in [4.78, 5) is 0.677. The maximum absolute atomic E-state index is 12.9. The maximum Gasteiger partial charge on any atom is 0.123 e. The van der Waals surface area contributed by atoms with Crippen LogP contribution in [0, 0.1) is 5.82 Å². The molecule has 3 rings (SSSR count). The van der Waals surface area contributed by atoms with E-state index in [4.69, 9.17) is 17.0 Å². The van der Waals surface area contributed by atoms with Gasteiger partial charge in [-0.2, -0.15) is 0 Å². The number of hydrogen-bond donors (Lipinski definition) is 1. The van der Waals surface area contributed by atoms with Gasteiger partial charge in [0.2, 0.25) is 0 Å². The second-order valence-corrected chi connectivity index (χ2v) is 6.02. The molecular weight excluding hydrogens is 333 g/mol. The van der Waals surface area contributed by atoms with Gasteiger partial charge in [-0.25, -0.2) is 4.39 Å². The van der Waals surface area contributed by atoms with E-state index in [1.165, 1.54) is 17.7 Å². The van der Waals surface area contributed by atoms with Crippen LogP contribution in [0.4, 0.5) is 4.39 Å². The standard InChI is InChI=1S/C21H18FNOS/c22-19-11-9-17(10-12-19)15-24-20-8-4-7-18(13-20)21(25)23-14-16-5-2-1-3-6-16/h1-13H,14-15H2,(H,23,25). The van der Waals surface area contributed by atoms with Gasteiger partial charge in [0, 0.05) is 12.1 Å². The van der Waals surface area contributed by atoms with Gasteiger partial charge in [-0.3, -0.25) is 0 Å². The highest BCUT2D eigenvalue weighted by Crippen LogP contribution is 2.16. The highest BCUT2D eigenvalue weighted by atomic mass is 32.1. The molecule has 4 heteroatoms. The number of halogens is 1. The van der Waals surface area contributed by atoms with Gasteiger partial charge < -0.3 is 10.1 Å². The van der Waals surface area contributed by atoms with Crippen LogP contribution >= 0.6 is 12.2 Å². The second-order valence-electron chi connectivity index (χ2n) is 5.61. The van der Waals surface area contributed by atoms with E-state index in [-0.39, 0.29) is 5.82 Å². The van der Waals surface area contributed by atoms with Crippen LogP contribution in [0.25, 0.3) is 0 Å². The summed E-state index contributed by atoms with van der Waals surface area (Å²) in [6.45, 7) is 1.06. The van der Waals surface area contributed by atoms with Crippen molar-refractivity contribution >= 4 is 17.2 Å². The van der Waals surface area contributed by atoms with Crippen LogP contribution in [0.15, 0.2) is 78.9 Å². The number of ether oxygens (including phenoxy) is 1. The van der Waals surface area contributed by atoms with Gasteiger partial charge in [-0.15, -0.1) is 0 Å². The highest BCUT2D eigenvalue weighted by molar-refractivity contribution is 7.80. The third kappa shape index (κ3) is 5.13. The van der Waals surface area contributed by atoms with Gasteiger partial charge in [0.15, 0.2) is 0 Å². The van der Waals surface area contributed by atoms with E-state index >= 15 is 0 Å². The molecule has 0 aromatic heterocycles. The Labute approximate surface area is 152 Å². The summed E-state index contributed by atoms with van der Waals surface area (Å²) in [7, 11) is 0. The monoisotopic (exact) mass is 351 g/mol. The molecule has 0 fully saturated rings. The Kier molecular flexibility index (Phi) is 5.75. The van der Waals surface area contributed by atoms with Gasteiger partial charge in [-0.1, -0.05) is 66.8 Å². The van der Waals surface area contributed by atoms with E-state index in [1.54, 1.807) is 12.1 Å².